The fraction of sp³-hybridized carbons (Fsp3) is 0.167. The summed E-state index contributed by atoms with van der Waals surface area (Å²) in [5.74, 6) is -0.300. The number of pyridine rings is 1. The number of benzene rings is 1. The molecule has 1 aliphatic rings. The first-order valence-electron chi connectivity index (χ1n) is 7.51. The zero-order valence-corrected chi connectivity index (χ0v) is 12.5. The van der Waals surface area contributed by atoms with Crippen LogP contribution < -0.4 is 10.6 Å². The zero-order valence-electron chi connectivity index (χ0n) is 12.5. The summed E-state index contributed by atoms with van der Waals surface area (Å²) >= 11 is 0. The Morgan fingerprint density at radius 1 is 1.13 bits per heavy atom. The number of aromatic nitrogens is 1. The number of amides is 2. The van der Waals surface area contributed by atoms with Crippen LogP contribution in [0.4, 0.5) is 5.69 Å². The van der Waals surface area contributed by atoms with Crippen LogP contribution in [0.2, 0.25) is 0 Å². The van der Waals surface area contributed by atoms with Gasteiger partial charge in [0.25, 0.3) is 5.91 Å². The van der Waals surface area contributed by atoms with E-state index in [1.165, 1.54) is 6.08 Å². The maximum absolute atomic E-state index is 11.9. The van der Waals surface area contributed by atoms with Crippen LogP contribution >= 0.6 is 0 Å². The van der Waals surface area contributed by atoms with Gasteiger partial charge in [0.05, 0.1) is 0 Å². The molecule has 1 fully saturated rings. The second-order valence-electron chi connectivity index (χ2n) is 5.43. The SMILES string of the molecule is O=C(/C=C/c1cccnc1)Nc1ccc(C(=O)NC2CC2)cc1. The summed E-state index contributed by atoms with van der Waals surface area (Å²) in [5.41, 5.74) is 2.10. The van der Waals surface area contributed by atoms with Crippen molar-refractivity contribution in [2.75, 3.05) is 5.32 Å². The van der Waals surface area contributed by atoms with Crippen molar-refractivity contribution in [2.24, 2.45) is 0 Å². The van der Waals surface area contributed by atoms with Crippen LogP contribution in [0.15, 0.2) is 54.9 Å². The van der Waals surface area contributed by atoms with Crippen molar-refractivity contribution in [3.63, 3.8) is 0 Å². The maximum Gasteiger partial charge on any atom is 0.251 e. The lowest BCUT2D eigenvalue weighted by molar-refractivity contribution is -0.111. The number of carbonyl (C=O) groups excluding carboxylic acids is 2. The number of nitrogens with one attached hydrogen (secondary N) is 2. The van der Waals surface area contributed by atoms with Gasteiger partial charge in [-0.15, -0.1) is 0 Å². The average molecular weight is 307 g/mol. The van der Waals surface area contributed by atoms with E-state index in [9.17, 15) is 9.59 Å². The van der Waals surface area contributed by atoms with Gasteiger partial charge in [0.15, 0.2) is 0 Å². The van der Waals surface area contributed by atoms with Crippen LogP contribution in [-0.4, -0.2) is 22.8 Å². The number of rotatable bonds is 5. The van der Waals surface area contributed by atoms with E-state index in [0.29, 0.717) is 17.3 Å². The van der Waals surface area contributed by atoms with Crippen LogP contribution in [0.1, 0.15) is 28.8 Å². The number of hydrogen-bond acceptors (Lipinski definition) is 3. The summed E-state index contributed by atoms with van der Waals surface area (Å²) in [5, 5.41) is 5.68. The van der Waals surface area contributed by atoms with Crippen LogP contribution in [0.5, 0.6) is 0 Å². The summed E-state index contributed by atoms with van der Waals surface area (Å²) in [6, 6.07) is 10.9. The second-order valence-corrected chi connectivity index (χ2v) is 5.43. The lowest BCUT2D eigenvalue weighted by Gasteiger charge is -2.05. The molecule has 1 heterocycles. The molecule has 1 aromatic carbocycles. The van der Waals surface area contributed by atoms with Crippen LogP contribution in [-0.2, 0) is 4.79 Å². The molecule has 2 aromatic rings. The van der Waals surface area contributed by atoms with Crippen molar-refractivity contribution in [3.8, 4) is 0 Å². The molecule has 1 aromatic heterocycles. The molecule has 3 rings (SSSR count). The Kier molecular flexibility index (Phi) is 4.47. The van der Waals surface area contributed by atoms with Gasteiger partial charge in [-0.05, 0) is 54.8 Å². The first-order valence-corrected chi connectivity index (χ1v) is 7.51. The molecule has 2 amide bonds. The number of nitrogens with zero attached hydrogens (tertiary/aromatic N) is 1. The van der Waals surface area contributed by atoms with Gasteiger partial charge in [0, 0.05) is 35.8 Å². The van der Waals surface area contributed by atoms with E-state index in [1.54, 1.807) is 42.7 Å². The van der Waals surface area contributed by atoms with Gasteiger partial charge in [0.1, 0.15) is 0 Å². The molecular weight excluding hydrogens is 290 g/mol. The highest BCUT2D eigenvalue weighted by Gasteiger charge is 2.23. The van der Waals surface area contributed by atoms with Gasteiger partial charge in [-0.25, -0.2) is 0 Å². The third-order valence-corrected chi connectivity index (χ3v) is 3.44. The van der Waals surface area contributed by atoms with Crippen LogP contribution in [0.3, 0.4) is 0 Å². The molecule has 1 saturated carbocycles. The van der Waals surface area contributed by atoms with Crippen molar-refractivity contribution in [2.45, 2.75) is 18.9 Å². The highest BCUT2D eigenvalue weighted by molar-refractivity contribution is 6.02. The molecule has 2 N–H and O–H groups in total. The topological polar surface area (TPSA) is 71.1 Å². The smallest absolute Gasteiger partial charge is 0.251 e. The summed E-state index contributed by atoms with van der Waals surface area (Å²) < 4.78 is 0. The molecule has 0 unspecified atom stereocenters. The van der Waals surface area contributed by atoms with E-state index >= 15 is 0 Å². The highest BCUT2D eigenvalue weighted by atomic mass is 16.2. The Morgan fingerprint density at radius 3 is 2.57 bits per heavy atom. The highest BCUT2D eigenvalue weighted by Crippen LogP contribution is 2.19. The van der Waals surface area contributed by atoms with Crippen LogP contribution in [0, 0.1) is 0 Å². The largest absolute Gasteiger partial charge is 0.349 e. The molecule has 0 spiro atoms. The molecule has 0 radical (unpaired) electrons. The standard InChI is InChI=1S/C18H17N3O2/c22-17(10-3-13-2-1-11-19-12-13)20-15-6-4-14(5-7-15)18(23)21-16-8-9-16/h1-7,10-12,16H,8-9H2,(H,20,22)(H,21,23)/b10-3+. The van der Waals surface area contributed by atoms with E-state index < -0.39 is 0 Å². The average Bonchev–Trinajstić information content (AvgIpc) is 3.38. The van der Waals surface area contributed by atoms with E-state index in [1.807, 2.05) is 12.1 Å². The van der Waals surface area contributed by atoms with E-state index in [-0.39, 0.29) is 11.8 Å². The van der Waals surface area contributed by atoms with Crippen molar-refractivity contribution in [3.05, 3.63) is 66.0 Å². The fourth-order valence-corrected chi connectivity index (χ4v) is 2.03. The molecule has 0 saturated heterocycles. The lowest BCUT2D eigenvalue weighted by Crippen LogP contribution is -2.25. The predicted molar refractivity (Wildman–Crippen MR) is 88.8 cm³/mol. The van der Waals surface area contributed by atoms with Gasteiger partial charge in [-0.3, -0.25) is 14.6 Å². The molecule has 0 atom stereocenters. The van der Waals surface area contributed by atoms with Crippen molar-refractivity contribution >= 4 is 23.6 Å². The van der Waals surface area contributed by atoms with Gasteiger partial charge >= 0.3 is 0 Å². The molecule has 116 valence electrons. The van der Waals surface area contributed by atoms with Gasteiger partial charge in [-0.2, -0.15) is 0 Å². The summed E-state index contributed by atoms with van der Waals surface area (Å²) in [6.45, 7) is 0. The fourth-order valence-electron chi connectivity index (χ4n) is 2.03. The normalized spacial score (nSPS) is 13.7. The first-order chi connectivity index (χ1) is 11.2. The minimum atomic E-state index is -0.232. The van der Waals surface area contributed by atoms with Gasteiger partial charge in [-0.1, -0.05) is 6.07 Å². The van der Waals surface area contributed by atoms with Crippen molar-refractivity contribution < 1.29 is 9.59 Å². The molecule has 0 aliphatic heterocycles. The summed E-state index contributed by atoms with van der Waals surface area (Å²) in [6.07, 6.45) is 8.62. The van der Waals surface area contributed by atoms with Gasteiger partial charge in [0.2, 0.25) is 5.91 Å². The van der Waals surface area contributed by atoms with E-state index in [4.69, 9.17) is 0 Å². The number of anilines is 1. The van der Waals surface area contributed by atoms with Gasteiger partial charge < -0.3 is 10.6 Å². The third kappa shape index (κ3) is 4.51. The Balaban J connectivity index is 1.56. The Morgan fingerprint density at radius 2 is 1.91 bits per heavy atom. The minimum Gasteiger partial charge on any atom is -0.349 e. The zero-order chi connectivity index (χ0) is 16.1. The second kappa shape index (κ2) is 6.87. The Hall–Kier alpha value is -2.95. The van der Waals surface area contributed by atoms with Crippen molar-refractivity contribution in [1.82, 2.24) is 10.3 Å². The molecule has 5 heteroatoms. The minimum absolute atomic E-state index is 0.0677. The van der Waals surface area contributed by atoms with E-state index in [2.05, 4.69) is 15.6 Å². The Labute approximate surface area is 134 Å². The number of hydrogen-bond donors (Lipinski definition) is 2. The molecule has 23 heavy (non-hydrogen) atoms. The third-order valence-electron chi connectivity index (χ3n) is 3.44. The Bertz CT molecular complexity index is 720. The predicted octanol–water partition coefficient (Wildman–Crippen LogP) is 2.63. The monoisotopic (exact) mass is 307 g/mol. The molecular formula is C18H17N3O2. The molecule has 0 bridgehead atoms. The summed E-state index contributed by atoms with van der Waals surface area (Å²) in [7, 11) is 0. The quantitative estimate of drug-likeness (QED) is 0.834. The maximum atomic E-state index is 11.9. The first kappa shape index (κ1) is 15.0. The molecule has 5 nitrogen and oxygen atoms in total. The lowest BCUT2D eigenvalue weighted by atomic mass is 10.2. The van der Waals surface area contributed by atoms with Crippen molar-refractivity contribution in [1.29, 1.82) is 0 Å². The van der Waals surface area contributed by atoms with E-state index in [0.717, 1.165) is 18.4 Å². The number of carbonyl (C=O) groups is 2. The molecule has 1 aliphatic carbocycles. The van der Waals surface area contributed by atoms with Crippen LogP contribution in [0.25, 0.3) is 6.08 Å². The summed E-state index contributed by atoms with van der Waals surface area (Å²) in [4.78, 5) is 27.7.